The number of methoxy groups -OCH3 is 1. The third-order valence-electron chi connectivity index (χ3n) is 3.72. The van der Waals surface area contributed by atoms with Gasteiger partial charge in [-0.25, -0.2) is 0 Å². The van der Waals surface area contributed by atoms with Gasteiger partial charge in [-0.3, -0.25) is 9.36 Å². The number of nitrogens with one attached hydrogen (secondary N) is 1. The number of nitrogens with zero attached hydrogens (tertiary/aromatic N) is 3. The summed E-state index contributed by atoms with van der Waals surface area (Å²) in [4.78, 5) is 12.4. The van der Waals surface area contributed by atoms with Crippen LogP contribution in [0.4, 0.5) is 5.69 Å². The molecule has 27 heavy (non-hydrogen) atoms. The Labute approximate surface area is 170 Å². The maximum atomic E-state index is 12.4. The molecule has 6 nitrogen and oxygen atoms in total. The average molecular weight is 447 g/mol. The van der Waals surface area contributed by atoms with Crippen molar-refractivity contribution in [1.29, 1.82) is 0 Å². The minimum atomic E-state index is -0.111. The van der Waals surface area contributed by atoms with Crippen LogP contribution in [0.1, 0.15) is 11.4 Å². The van der Waals surface area contributed by atoms with Crippen molar-refractivity contribution >= 4 is 39.3 Å². The second-order valence-electron chi connectivity index (χ2n) is 5.82. The molecule has 1 amide bonds. The van der Waals surface area contributed by atoms with E-state index in [0.29, 0.717) is 17.6 Å². The molecule has 1 aromatic heterocycles. The van der Waals surface area contributed by atoms with Crippen LogP contribution in [0, 0.1) is 6.92 Å². The molecule has 0 aliphatic rings. The third kappa shape index (κ3) is 4.97. The molecule has 0 aliphatic heterocycles. The van der Waals surface area contributed by atoms with E-state index >= 15 is 0 Å². The van der Waals surface area contributed by atoms with Crippen molar-refractivity contribution in [3.8, 4) is 5.69 Å². The Kier molecular flexibility index (Phi) is 6.65. The molecule has 0 unspecified atom stereocenters. The van der Waals surface area contributed by atoms with Gasteiger partial charge in [-0.2, -0.15) is 0 Å². The quantitative estimate of drug-likeness (QED) is 0.550. The van der Waals surface area contributed by atoms with Crippen molar-refractivity contribution in [2.45, 2.75) is 18.7 Å². The number of anilines is 1. The molecule has 0 fully saturated rings. The molecule has 8 heteroatoms. The SMILES string of the molecule is COCc1nnc(SCC(=O)Nc2ccc(C)cc2Br)n1-c1ccccc1. The Balaban J connectivity index is 1.73. The largest absolute Gasteiger partial charge is 0.377 e. The summed E-state index contributed by atoms with van der Waals surface area (Å²) in [6, 6.07) is 15.6. The first-order valence-corrected chi connectivity index (χ1v) is 10.0. The zero-order valence-electron chi connectivity index (χ0n) is 15.0. The number of thioether (sulfide) groups is 1. The van der Waals surface area contributed by atoms with E-state index in [9.17, 15) is 4.79 Å². The molecule has 3 aromatic rings. The second kappa shape index (κ2) is 9.16. The summed E-state index contributed by atoms with van der Waals surface area (Å²) in [6.45, 7) is 2.34. The second-order valence-corrected chi connectivity index (χ2v) is 7.62. The van der Waals surface area contributed by atoms with Crippen molar-refractivity contribution in [3.63, 3.8) is 0 Å². The van der Waals surface area contributed by atoms with Crippen LogP contribution in [0.3, 0.4) is 0 Å². The number of amides is 1. The maximum Gasteiger partial charge on any atom is 0.234 e. The summed E-state index contributed by atoms with van der Waals surface area (Å²) in [5, 5.41) is 12.0. The van der Waals surface area contributed by atoms with Crippen molar-refractivity contribution in [2.24, 2.45) is 0 Å². The van der Waals surface area contributed by atoms with E-state index in [1.54, 1.807) is 7.11 Å². The molecule has 0 spiro atoms. The molecule has 0 bridgehead atoms. The number of hydrogen-bond acceptors (Lipinski definition) is 5. The zero-order chi connectivity index (χ0) is 19.2. The third-order valence-corrected chi connectivity index (χ3v) is 5.30. The first-order valence-electron chi connectivity index (χ1n) is 8.26. The molecule has 140 valence electrons. The lowest BCUT2D eigenvalue weighted by atomic mass is 10.2. The van der Waals surface area contributed by atoms with Gasteiger partial charge in [0.15, 0.2) is 11.0 Å². The minimum Gasteiger partial charge on any atom is -0.377 e. The molecule has 2 aromatic carbocycles. The van der Waals surface area contributed by atoms with E-state index in [-0.39, 0.29) is 11.7 Å². The molecule has 1 N–H and O–H groups in total. The van der Waals surface area contributed by atoms with Crippen LogP contribution in [0.2, 0.25) is 0 Å². The lowest BCUT2D eigenvalue weighted by Gasteiger charge is -2.10. The Morgan fingerprint density at radius 1 is 1.22 bits per heavy atom. The fraction of sp³-hybridized carbons (Fsp3) is 0.211. The molecule has 0 radical (unpaired) electrons. The van der Waals surface area contributed by atoms with Crippen LogP contribution in [-0.2, 0) is 16.1 Å². The zero-order valence-corrected chi connectivity index (χ0v) is 17.4. The fourth-order valence-corrected chi connectivity index (χ4v) is 3.85. The summed E-state index contributed by atoms with van der Waals surface area (Å²) in [5.41, 5.74) is 2.80. The van der Waals surface area contributed by atoms with Crippen molar-refractivity contribution in [1.82, 2.24) is 14.8 Å². The van der Waals surface area contributed by atoms with Crippen molar-refractivity contribution in [3.05, 3.63) is 64.4 Å². The summed E-state index contributed by atoms with van der Waals surface area (Å²) in [5.74, 6) is 0.798. The van der Waals surface area contributed by atoms with E-state index in [1.807, 2.05) is 60.0 Å². The van der Waals surface area contributed by atoms with E-state index in [4.69, 9.17) is 4.74 Å². The Morgan fingerprint density at radius 3 is 2.70 bits per heavy atom. The number of hydrogen-bond donors (Lipinski definition) is 1. The number of benzene rings is 2. The van der Waals surface area contributed by atoms with Gasteiger partial charge in [-0.05, 0) is 52.7 Å². The van der Waals surface area contributed by atoms with E-state index < -0.39 is 0 Å². The average Bonchev–Trinajstić information content (AvgIpc) is 3.06. The summed E-state index contributed by atoms with van der Waals surface area (Å²) < 4.78 is 7.98. The summed E-state index contributed by atoms with van der Waals surface area (Å²) in [6.07, 6.45) is 0. The van der Waals surface area contributed by atoms with Gasteiger partial charge < -0.3 is 10.1 Å². The monoisotopic (exact) mass is 446 g/mol. The van der Waals surface area contributed by atoms with E-state index in [0.717, 1.165) is 21.4 Å². The first-order chi connectivity index (χ1) is 13.1. The molecule has 0 atom stereocenters. The number of halogens is 1. The topological polar surface area (TPSA) is 69.0 Å². The molecule has 0 saturated heterocycles. The lowest BCUT2D eigenvalue weighted by Crippen LogP contribution is -2.15. The fourth-order valence-electron chi connectivity index (χ4n) is 2.49. The number of carbonyl (C=O) groups is 1. The number of carbonyl (C=O) groups excluding carboxylic acids is 1. The molecule has 3 rings (SSSR count). The molecular weight excluding hydrogens is 428 g/mol. The van der Waals surface area contributed by atoms with Gasteiger partial charge in [0.25, 0.3) is 0 Å². The normalized spacial score (nSPS) is 10.8. The van der Waals surface area contributed by atoms with E-state index in [2.05, 4.69) is 31.4 Å². The highest BCUT2D eigenvalue weighted by Gasteiger charge is 2.16. The number of rotatable bonds is 7. The highest BCUT2D eigenvalue weighted by atomic mass is 79.9. The molecular formula is C19H19BrN4O2S. The highest BCUT2D eigenvalue weighted by molar-refractivity contribution is 9.10. The predicted octanol–water partition coefficient (Wildman–Crippen LogP) is 4.22. The van der Waals surface area contributed by atoms with Gasteiger partial charge in [-0.15, -0.1) is 10.2 Å². The van der Waals surface area contributed by atoms with Gasteiger partial charge in [-0.1, -0.05) is 36.0 Å². The molecule has 1 heterocycles. The Bertz CT molecular complexity index is 931. The lowest BCUT2D eigenvalue weighted by molar-refractivity contribution is -0.113. The maximum absolute atomic E-state index is 12.4. The number of aryl methyl sites for hydroxylation is 1. The summed E-state index contributed by atoms with van der Waals surface area (Å²) in [7, 11) is 1.61. The summed E-state index contributed by atoms with van der Waals surface area (Å²) >= 11 is 4.80. The van der Waals surface area contributed by atoms with Gasteiger partial charge in [0.05, 0.1) is 11.4 Å². The highest BCUT2D eigenvalue weighted by Crippen LogP contribution is 2.25. The number of aromatic nitrogens is 3. The van der Waals surface area contributed by atoms with Crippen molar-refractivity contribution < 1.29 is 9.53 Å². The smallest absolute Gasteiger partial charge is 0.234 e. The van der Waals surface area contributed by atoms with Gasteiger partial charge >= 0.3 is 0 Å². The Hall–Kier alpha value is -2.16. The van der Waals surface area contributed by atoms with Gasteiger partial charge in [0, 0.05) is 17.3 Å². The number of para-hydroxylation sites is 1. The van der Waals surface area contributed by atoms with Crippen LogP contribution < -0.4 is 5.32 Å². The number of ether oxygens (including phenoxy) is 1. The van der Waals surface area contributed by atoms with Gasteiger partial charge in [0.1, 0.15) is 6.61 Å². The standard InChI is InChI=1S/C19H19BrN4O2S/c1-13-8-9-16(15(20)10-13)21-18(25)12-27-19-23-22-17(11-26-2)24(19)14-6-4-3-5-7-14/h3-10H,11-12H2,1-2H3,(H,21,25). The minimum absolute atomic E-state index is 0.111. The van der Waals surface area contributed by atoms with Crippen LogP contribution in [0.5, 0.6) is 0 Å². The van der Waals surface area contributed by atoms with Crippen LogP contribution in [-0.4, -0.2) is 33.5 Å². The van der Waals surface area contributed by atoms with Crippen LogP contribution in [0.25, 0.3) is 5.69 Å². The Morgan fingerprint density at radius 2 is 2.00 bits per heavy atom. The predicted molar refractivity (Wildman–Crippen MR) is 110 cm³/mol. The van der Waals surface area contributed by atoms with Crippen LogP contribution >= 0.6 is 27.7 Å². The van der Waals surface area contributed by atoms with Crippen LogP contribution in [0.15, 0.2) is 58.2 Å². The molecule has 0 aliphatic carbocycles. The molecule has 0 saturated carbocycles. The van der Waals surface area contributed by atoms with Crippen molar-refractivity contribution in [2.75, 3.05) is 18.2 Å². The first kappa shape index (κ1) is 19.6. The van der Waals surface area contributed by atoms with Gasteiger partial charge in [0.2, 0.25) is 5.91 Å². The van der Waals surface area contributed by atoms with E-state index in [1.165, 1.54) is 11.8 Å².